The molecule has 0 radical (unpaired) electrons. The lowest BCUT2D eigenvalue weighted by molar-refractivity contribution is 0.782. The van der Waals surface area contributed by atoms with Crippen molar-refractivity contribution in [2.45, 2.75) is 12.3 Å². The van der Waals surface area contributed by atoms with Gasteiger partial charge in [-0.05, 0) is 35.2 Å². The minimum Gasteiger partial charge on any atom is -0.357 e. The van der Waals surface area contributed by atoms with Crippen LogP contribution < -0.4 is 5.32 Å². The lowest BCUT2D eigenvalue weighted by Crippen LogP contribution is -2.15. The molecular formula is C19H15Cl2N3. The molecule has 1 aromatic heterocycles. The summed E-state index contributed by atoms with van der Waals surface area (Å²) in [5.41, 5.74) is 5.70. The highest BCUT2D eigenvalue weighted by Gasteiger charge is 2.27. The fourth-order valence-electron chi connectivity index (χ4n) is 3.28. The van der Waals surface area contributed by atoms with E-state index < -0.39 is 0 Å². The van der Waals surface area contributed by atoms with Gasteiger partial charge < -0.3 is 5.32 Å². The van der Waals surface area contributed by atoms with Crippen molar-refractivity contribution < 1.29 is 0 Å². The van der Waals surface area contributed by atoms with E-state index in [-0.39, 0.29) is 5.92 Å². The minimum absolute atomic E-state index is 0.215. The molecule has 0 fully saturated rings. The molecule has 0 saturated heterocycles. The maximum Gasteiger partial charge on any atom is 0.222 e. The number of fused-ring (bicyclic) bond motifs is 3. The molecule has 5 heteroatoms. The predicted molar refractivity (Wildman–Crippen MR) is 99.0 cm³/mol. The normalized spacial score (nSPS) is 15.5. The third-order valence-corrected chi connectivity index (χ3v) is 5.19. The molecule has 3 nitrogen and oxygen atoms in total. The van der Waals surface area contributed by atoms with Crippen molar-refractivity contribution in [2.75, 3.05) is 12.4 Å². The van der Waals surface area contributed by atoms with E-state index in [1.165, 1.54) is 5.56 Å². The molecule has 1 aliphatic rings. The molecule has 1 N–H and O–H groups in total. The number of hydrogen-bond acceptors (Lipinski definition) is 3. The van der Waals surface area contributed by atoms with Gasteiger partial charge in [0.05, 0.1) is 15.7 Å². The molecule has 0 amide bonds. The molecule has 1 aliphatic carbocycles. The topological polar surface area (TPSA) is 37.8 Å². The van der Waals surface area contributed by atoms with E-state index in [2.05, 4.69) is 33.5 Å². The van der Waals surface area contributed by atoms with Gasteiger partial charge in [-0.2, -0.15) is 0 Å². The number of aromatic nitrogens is 2. The third kappa shape index (κ3) is 2.54. The number of nitrogens with zero attached hydrogens (tertiary/aromatic N) is 2. The van der Waals surface area contributed by atoms with Gasteiger partial charge in [-0.25, -0.2) is 9.97 Å². The summed E-state index contributed by atoms with van der Waals surface area (Å²) < 4.78 is 0. The molecule has 1 heterocycles. The maximum atomic E-state index is 6.24. The molecule has 120 valence electrons. The minimum atomic E-state index is 0.215. The van der Waals surface area contributed by atoms with Crippen LogP contribution in [0, 0.1) is 0 Å². The number of rotatable bonds is 2. The van der Waals surface area contributed by atoms with Crippen molar-refractivity contribution >= 4 is 29.2 Å². The van der Waals surface area contributed by atoms with Crippen LogP contribution in [0.1, 0.15) is 22.6 Å². The van der Waals surface area contributed by atoms with Crippen LogP contribution in [0.5, 0.6) is 0 Å². The van der Waals surface area contributed by atoms with Gasteiger partial charge in [0.2, 0.25) is 5.95 Å². The van der Waals surface area contributed by atoms with Crippen LogP contribution in [0.25, 0.3) is 11.3 Å². The summed E-state index contributed by atoms with van der Waals surface area (Å²) >= 11 is 12.3. The Morgan fingerprint density at radius 3 is 2.71 bits per heavy atom. The number of nitrogens with one attached hydrogen (secondary N) is 1. The van der Waals surface area contributed by atoms with Crippen LogP contribution in [0.2, 0.25) is 10.0 Å². The molecule has 0 saturated carbocycles. The monoisotopic (exact) mass is 355 g/mol. The Balaban J connectivity index is 1.88. The predicted octanol–water partition coefficient (Wildman–Crippen LogP) is 5.18. The van der Waals surface area contributed by atoms with Gasteiger partial charge in [-0.3, -0.25) is 0 Å². The van der Waals surface area contributed by atoms with Gasteiger partial charge in [0.15, 0.2) is 0 Å². The van der Waals surface area contributed by atoms with Gasteiger partial charge in [0.25, 0.3) is 0 Å². The summed E-state index contributed by atoms with van der Waals surface area (Å²) in [6.45, 7) is 0. The van der Waals surface area contributed by atoms with Crippen molar-refractivity contribution in [1.82, 2.24) is 9.97 Å². The second-order valence-corrected chi connectivity index (χ2v) is 6.65. The highest BCUT2D eigenvalue weighted by atomic mass is 35.5. The first-order chi connectivity index (χ1) is 11.7. The lowest BCUT2D eigenvalue weighted by atomic mass is 9.78. The summed E-state index contributed by atoms with van der Waals surface area (Å²) in [7, 11) is 1.83. The summed E-state index contributed by atoms with van der Waals surface area (Å²) in [6, 6.07) is 14.2. The van der Waals surface area contributed by atoms with Crippen LogP contribution in [0.3, 0.4) is 0 Å². The molecule has 1 atom stereocenters. The van der Waals surface area contributed by atoms with Crippen molar-refractivity contribution in [3.05, 3.63) is 75.4 Å². The molecule has 24 heavy (non-hydrogen) atoms. The van der Waals surface area contributed by atoms with Crippen molar-refractivity contribution in [3.63, 3.8) is 0 Å². The highest BCUT2D eigenvalue weighted by Crippen LogP contribution is 2.42. The standard InChI is InChI=1S/C19H15Cl2N3/c1-22-19-23-10-12-8-15(11-6-7-16(20)17(21)9-11)13-4-2-3-5-14(13)18(12)24-19/h2-7,9-10,15H,8H2,1H3,(H,22,23,24)/t15-/m0/s1. The molecular weight excluding hydrogens is 341 g/mol. The highest BCUT2D eigenvalue weighted by molar-refractivity contribution is 6.42. The van der Waals surface area contributed by atoms with Gasteiger partial charge in [-0.1, -0.05) is 53.5 Å². The second kappa shape index (κ2) is 6.08. The molecule has 4 rings (SSSR count). The van der Waals surface area contributed by atoms with Gasteiger partial charge in [0.1, 0.15) is 0 Å². The summed E-state index contributed by atoms with van der Waals surface area (Å²) in [5.74, 6) is 0.851. The smallest absolute Gasteiger partial charge is 0.222 e. The van der Waals surface area contributed by atoms with Crippen LogP contribution in [-0.2, 0) is 6.42 Å². The fraction of sp³-hybridized carbons (Fsp3) is 0.158. The Morgan fingerprint density at radius 1 is 1.08 bits per heavy atom. The average molecular weight is 356 g/mol. The van der Waals surface area contributed by atoms with E-state index in [0.717, 1.165) is 28.8 Å². The first-order valence-corrected chi connectivity index (χ1v) is 8.51. The molecule has 0 aliphatic heterocycles. The quantitative estimate of drug-likeness (QED) is 0.688. The Morgan fingerprint density at radius 2 is 1.92 bits per heavy atom. The first-order valence-electron chi connectivity index (χ1n) is 7.75. The van der Waals surface area contributed by atoms with Crippen LogP contribution in [0.4, 0.5) is 5.95 Å². The summed E-state index contributed by atoms with van der Waals surface area (Å²) in [6.07, 6.45) is 2.75. The molecule has 2 aromatic carbocycles. The SMILES string of the molecule is CNc1ncc2c(n1)-c1ccccc1[C@H](c1ccc(Cl)c(Cl)c1)C2. The summed E-state index contributed by atoms with van der Waals surface area (Å²) in [4.78, 5) is 9.04. The Labute approximate surface area is 150 Å². The van der Waals surface area contributed by atoms with Crippen LogP contribution in [0.15, 0.2) is 48.7 Å². The van der Waals surface area contributed by atoms with Gasteiger partial charge in [0, 0.05) is 24.7 Å². The number of hydrogen-bond donors (Lipinski definition) is 1. The number of benzene rings is 2. The third-order valence-electron chi connectivity index (χ3n) is 4.45. The van der Waals surface area contributed by atoms with E-state index in [9.17, 15) is 0 Å². The van der Waals surface area contributed by atoms with Crippen LogP contribution >= 0.6 is 23.2 Å². The lowest BCUT2D eigenvalue weighted by Gasteiger charge is -2.27. The largest absolute Gasteiger partial charge is 0.357 e. The molecule has 0 unspecified atom stereocenters. The van der Waals surface area contributed by atoms with Gasteiger partial charge in [-0.15, -0.1) is 0 Å². The zero-order chi connectivity index (χ0) is 16.7. The van der Waals surface area contributed by atoms with Crippen molar-refractivity contribution in [3.8, 4) is 11.3 Å². The number of anilines is 1. The van der Waals surface area contributed by atoms with E-state index in [1.807, 2.05) is 37.5 Å². The first kappa shape index (κ1) is 15.4. The Bertz CT molecular complexity index is 924. The van der Waals surface area contributed by atoms with Gasteiger partial charge >= 0.3 is 0 Å². The van der Waals surface area contributed by atoms with E-state index >= 15 is 0 Å². The zero-order valence-electron chi connectivity index (χ0n) is 13.1. The van der Waals surface area contributed by atoms with Crippen molar-refractivity contribution in [1.29, 1.82) is 0 Å². The van der Waals surface area contributed by atoms with E-state index in [4.69, 9.17) is 23.2 Å². The Hall–Kier alpha value is -2.10. The Kier molecular flexibility index (Phi) is 3.91. The molecule has 0 spiro atoms. The second-order valence-electron chi connectivity index (χ2n) is 5.83. The molecule has 3 aromatic rings. The zero-order valence-corrected chi connectivity index (χ0v) is 14.6. The molecule has 0 bridgehead atoms. The number of halogens is 2. The van der Waals surface area contributed by atoms with E-state index in [1.54, 1.807) is 0 Å². The van der Waals surface area contributed by atoms with Crippen molar-refractivity contribution in [2.24, 2.45) is 0 Å². The van der Waals surface area contributed by atoms with E-state index in [0.29, 0.717) is 16.0 Å². The maximum absolute atomic E-state index is 6.24. The summed E-state index contributed by atoms with van der Waals surface area (Å²) in [5, 5.41) is 4.17. The van der Waals surface area contributed by atoms with Crippen LogP contribution in [-0.4, -0.2) is 17.0 Å². The average Bonchev–Trinajstić information content (AvgIpc) is 2.63. The fourth-order valence-corrected chi connectivity index (χ4v) is 3.59.